The molecule has 0 fully saturated rings. The zero-order valence-corrected chi connectivity index (χ0v) is 12.4. The van der Waals surface area contributed by atoms with Crippen molar-refractivity contribution in [2.45, 2.75) is 13.3 Å². The highest BCUT2D eigenvalue weighted by Crippen LogP contribution is 2.18. The van der Waals surface area contributed by atoms with E-state index < -0.39 is 17.7 Å². The molecule has 1 amide bonds. The third-order valence-corrected chi connectivity index (χ3v) is 3.26. The van der Waals surface area contributed by atoms with E-state index in [-0.39, 0.29) is 11.3 Å². The molecule has 0 aliphatic carbocycles. The number of ether oxygens (including phenoxy) is 1. The normalized spacial score (nSPS) is 10.1. The summed E-state index contributed by atoms with van der Waals surface area (Å²) >= 11 is 0. The smallest absolute Gasteiger partial charge is 0.337 e. The lowest BCUT2D eigenvalue weighted by Gasteiger charge is -2.08. The summed E-state index contributed by atoms with van der Waals surface area (Å²) in [7, 11) is 1.24. The average Bonchev–Trinajstić information content (AvgIpc) is 2.56. The molecule has 0 saturated heterocycles. The quantitative estimate of drug-likeness (QED) is 0.880. The summed E-state index contributed by atoms with van der Waals surface area (Å²) in [6.07, 6.45) is 0.873. The number of halogens is 1. The number of hydrogen-bond donors (Lipinski definition) is 1. The molecule has 0 radical (unpaired) electrons. The fourth-order valence-corrected chi connectivity index (χ4v) is 1.95. The van der Waals surface area contributed by atoms with Crippen LogP contribution in [0, 0.1) is 5.82 Å². The van der Waals surface area contributed by atoms with Gasteiger partial charge in [-0.05, 0) is 42.3 Å². The largest absolute Gasteiger partial charge is 0.465 e. The summed E-state index contributed by atoms with van der Waals surface area (Å²) < 4.78 is 18.3. The van der Waals surface area contributed by atoms with Crippen LogP contribution in [0.15, 0.2) is 42.5 Å². The molecule has 1 N–H and O–H groups in total. The number of rotatable bonds is 4. The van der Waals surface area contributed by atoms with Crippen molar-refractivity contribution in [3.05, 3.63) is 65.0 Å². The molecule has 2 aromatic rings. The molecule has 0 unspecified atom stereocenters. The number of esters is 1. The maximum Gasteiger partial charge on any atom is 0.337 e. The van der Waals surface area contributed by atoms with Crippen LogP contribution in [0.5, 0.6) is 0 Å². The molecule has 0 aromatic heterocycles. The molecular weight excluding hydrogens is 285 g/mol. The minimum atomic E-state index is -0.619. The third kappa shape index (κ3) is 3.49. The van der Waals surface area contributed by atoms with Gasteiger partial charge in [-0.1, -0.05) is 19.1 Å². The number of anilines is 1. The van der Waals surface area contributed by atoms with Gasteiger partial charge < -0.3 is 10.1 Å². The highest BCUT2D eigenvalue weighted by atomic mass is 19.1. The molecule has 114 valence electrons. The van der Waals surface area contributed by atoms with E-state index in [1.54, 1.807) is 12.1 Å². The second-order valence-electron chi connectivity index (χ2n) is 4.69. The summed E-state index contributed by atoms with van der Waals surface area (Å²) in [6, 6.07) is 10.7. The first kappa shape index (κ1) is 15.7. The van der Waals surface area contributed by atoms with Crippen LogP contribution in [0.4, 0.5) is 10.1 Å². The van der Waals surface area contributed by atoms with Crippen LogP contribution in [0.1, 0.15) is 33.2 Å². The Morgan fingerprint density at radius 2 is 1.73 bits per heavy atom. The van der Waals surface area contributed by atoms with E-state index in [1.165, 1.54) is 19.2 Å². The number of aryl methyl sites for hydroxylation is 1. The number of carbonyl (C=O) groups is 2. The monoisotopic (exact) mass is 301 g/mol. The second-order valence-corrected chi connectivity index (χ2v) is 4.69. The van der Waals surface area contributed by atoms with Crippen LogP contribution < -0.4 is 5.32 Å². The van der Waals surface area contributed by atoms with Crippen molar-refractivity contribution < 1.29 is 18.7 Å². The highest BCUT2D eigenvalue weighted by molar-refractivity contribution is 6.05. The van der Waals surface area contributed by atoms with Gasteiger partial charge in [-0.3, -0.25) is 4.79 Å². The molecule has 0 spiro atoms. The van der Waals surface area contributed by atoms with Gasteiger partial charge in [0.25, 0.3) is 5.91 Å². The minimum Gasteiger partial charge on any atom is -0.465 e. The molecule has 0 aliphatic heterocycles. The third-order valence-electron chi connectivity index (χ3n) is 3.26. The number of amides is 1. The van der Waals surface area contributed by atoms with E-state index >= 15 is 0 Å². The Kier molecular flexibility index (Phi) is 4.88. The van der Waals surface area contributed by atoms with E-state index in [9.17, 15) is 14.0 Å². The Labute approximate surface area is 127 Å². The molecule has 2 rings (SSSR count). The summed E-state index contributed by atoms with van der Waals surface area (Å²) in [5.41, 5.74) is 1.63. The number of nitrogens with one attached hydrogen (secondary N) is 1. The fourth-order valence-electron chi connectivity index (χ4n) is 1.95. The lowest BCUT2D eigenvalue weighted by molar-refractivity contribution is 0.0600. The van der Waals surface area contributed by atoms with Crippen LogP contribution >= 0.6 is 0 Å². The predicted octanol–water partition coefficient (Wildman–Crippen LogP) is 3.43. The number of carbonyl (C=O) groups excluding carboxylic acids is 2. The van der Waals surface area contributed by atoms with Gasteiger partial charge in [-0.25, -0.2) is 9.18 Å². The highest BCUT2D eigenvalue weighted by Gasteiger charge is 2.13. The van der Waals surface area contributed by atoms with Gasteiger partial charge in [0.15, 0.2) is 0 Å². The lowest BCUT2D eigenvalue weighted by atomic mass is 10.1. The zero-order valence-electron chi connectivity index (χ0n) is 12.4. The van der Waals surface area contributed by atoms with Crippen molar-refractivity contribution in [1.82, 2.24) is 0 Å². The van der Waals surface area contributed by atoms with E-state index in [0.29, 0.717) is 5.56 Å². The van der Waals surface area contributed by atoms with Gasteiger partial charge >= 0.3 is 5.97 Å². The molecule has 5 heteroatoms. The topological polar surface area (TPSA) is 55.4 Å². The van der Waals surface area contributed by atoms with Crippen molar-refractivity contribution in [2.75, 3.05) is 12.4 Å². The molecule has 4 nitrogen and oxygen atoms in total. The Morgan fingerprint density at radius 1 is 1.09 bits per heavy atom. The first-order valence-electron chi connectivity index (χ1n) is 6.83. The van der Waals surface area contributed by atoms with E-state index in [1.807, 2.05) is 19.1 Å². The Bertz CT molecular complexity index is 696. The van der Waals surface area contributed by atoms with Gasteiger partial charge in [0.1, 0.15) is 5.82 Å². The summed E-state index contributed by atoms with van der Waals surface area (Å²) in [5, 5.41) is 2.46. The minimum absolute atomic E-state index is 0.0625. The van der Waals surface area contributed by atoms with Gasteiger partial charge in [0, 0.05) is 5.56 Å². The molecular formula is C17H16FNO3. The SMILES string of the molecule is CCc1ccc(C(=O)Nc2cc(C(=O)OC)ccc2F)cc1. The number of benzene rings is 2. The van der Waals surface area contributed by atoms with Crippen molar-refractivity contribution in [3.8, 4) is 0 Å². The predicted molar refractivity (Wildman–Crippen MR) is 81.5 cm³/mol. The number of methoxy groups -OCH3 is 1. The van der Waals surface area contributed by atoms with Crippen molar-refractivity contribution in [2.24, 2.45) is 0 Å². The molecule has 0 heterocycles. The van der Waals surface area contributed by atoms with Crippen molar-refractivity contribution in [1.29, 1.82) is 0 Å². The summed E-state index contributed by atoms with van der Waals surface area (Å²) in [5.74, 6) is -1.66. The second kappa shape index (κ2) is 6.85. The standard InChI is InChI=1S/C17H16FNO3/c1-3-11-4-6-12(7-5-11)16(20)19-15-10-13(17(21)22-2)8-9-14(15)18/h4-10H,3H2,1-2H3,(H,19,20). The average molecular weight is 301 g/mol. The molecule has 0 saturated carbocycles. The molecule has 22 heavy (non-hydrogen) atoms. The molecule has 0 aliphatic rings. The molecule has 2 aromatic carbocycles. The number of hydrogen-bond acceptors (Lipinski definition) is 3. The van der Waals surface area contributed by atoms with Crippen molar-refractivity contribution in [3.63, 3.8) is 0 Å². The summed E-state index contributed by atoms with van der Waals surface area (Å²) in [4.78, 5) is 23.6. The van der Waals surface area contributed by atoms with Gasteiger partial charge in [-0.2, -0.15) is 0 Å². The summed E-state index contributed by atoms with van der Waals surface area (Å²) in [6.45, 7) is 2.02. The lowest BCUT2D eigenvalue weighted by Crippen LogP contribution is -2.14. The van der Waals surface area contributed by atoms with Crippen molar-refractivity contribution >= 4 is 17.6 Å². The Hall–Kier alpha value is -2.69. The first-order chi connectivity index (χ1) is 10.5. The van der Waals surface area contributed by atoms with E-state index in [0.717, 1.165) is 18.1 Å². The van der Waals surface area contributed by atoms with E-state index in [4.69, 9.17) is 0 Å². The van der Waals surface area contributed by atoms with Gasteiger partial charge in [0.2, 0.25) is 0 Å². The maximum atomic E-state index is 13.8. The first-order valence-corrected chi connectivity index (χ1v) is 6.83. The van der Waals surface area contributed by atoms with Crippen LogP contribution in [-0.2, 0) is 11.2 Å². The Balaban J connectivity index is 2.21. The molecule has 0 atom stereocenters. The van der Waals surface area contributed by atoms with Crippen LogP contribution in [0.2, 0.25) is 0 Å². The molecule has 0 bridgehead atoms. The van der Waals surface area contributed by atoms with Crippen LogP contribution in [-0.4, -0.2) is 19.0 Å². The van der Waals surface area contributed by atoms with E-state index in [2.05, 4.69) is 10.1 Å². The maximum absolute atomic E-state index is 13.8. The Morgan fingerprint density at radius 3 is 2.32 bits per heavy atom. The van der Waals surface area contributed by atoms with Gasteiger partial charge in [0.05, 0.1) is 18.4 Å². The fraction of sp³-hybridized carbons (Fsp3) is 0.176. The van der Waals surface area contributed by atoms with Crippen LogP contribution in [0.3, 0.4) is 0 Å². The van der Waals surface area contributed by atoms with Crippen LogP contribution in [0.25, 0.3) is 0 Å². The van der Waals surface area contributed by atoms with Gasteiger partial charge in [-0.15, -0.1) is 0 Å². The zero-order chi connectivity index (χ0) is 16.1.